The van der Waals surface area contributed by atoms with E-state index in [0.29, 0.717) is 23.4 Å². The summed E-state index contributed by atoms with van der Waals surface area (Å²) in [6, 6.07) is 12.6. The number of hydrogen-bond donors (Lipinski definition) is 3. The van der Waals surface area contributed by atoms with Crippen LogP contribution < -0.4 is 15.5 Å². The fraction of sp³-hybridized carbons (Fsp3) is 0.318. The number of amides is 1. The molecular weight excluding hydrogens is 370 g/mol. The number of nitrogens with one attached hydrogen (secondary N) is 2. The number of hydrazone groups is 1. The minimum absolute atomic E-state index is 0.00665. The Morgan fingerprint density at radius 1 is 1.24 bits per heavy atom. The predicted octanol–water partition coefficient (Wildman–Crippen LogP) is 3.44. The van der Waals surface area contributed by atoms with Crippen molar-refractivity contribution in [3.63, 3.8) is 0 Å². The monoisotopic (exact) mass is 395 g/mol. The smallest absolute Gasteiger partial charge is 0.307 e. The van der Waals surface area contributed by atoms with Crippen LogP contribution in [-0.4, -0.2) is 35.8 Å². The van der Waals surface area contributed by atoms with Gasteiger partial charge in [-0.25, -0.2) is 0 Å². The Bertz CT molecular complexity index is 893. The normalized spacial score (nSPS) is 15.4. The molecule has 0 aliphatic carbocycles. The Morgan fingerprint density at radius 2 is 2.03 bits per heavy atom. The molecule has 1 unspecified atom stereocenters. The maximum absolute atomic E-state index is 12.5. The molecule has 152 valence electrons. The largest absolute Gasteiger partial charge is 0.490 e. The highest BCUT2D eigenvalue weighted by Crippen LogP contribution is 2.31. The first-order chi connectivity index (χ1) is 14.0. The summed E-state index contributed by atoms with van der Waals surface area (Å²) in [7, 11) is 0. The van der Waals surface area contributed by atoms with Gasteiger partial charge in [-0.1, -0.05) is 19.1 Å². The van der Waals surface area contributed by atoms with Crippen LogP contribution in [0.1, 0.15) is 47.7 Å². The number of carboxylic acids is 1. The molecule has 0 saturated heterocycles. The van der Waals surface area contributed by atoms with Crippen molar-refractivity contribution in [1.29, 1.82) is 0 Å². The van der Waals surface area contributed by atoms with Crippen molar-refractivity contribution in [1.82, 2.24) is 5.43 Å². The summed E-state index contributed by atoms with van der Waals surface area (Å²) in [6.45, 7) is 2.89. The van der Waals surface area contributed by atoms with Crippen molar-refractivity contribution in [2.45, 2.75) is 38.7 Å². The van der Waals surface area contributed by atoms with E-state index < -0.39 is 5.97 Å². The fourth-order valence-electron chi connectivity index (χ4n) is 3.08. The van der Waals surface area contributed by atoms with Gasteiger partial charge in [-0.15, -0.1) is 0 Å². The van der Waals surface area contributed by atoms with Crippen molar-refractivity contribution in [2.24, 2.45) is 5.10 Å². The third-order valence-electron chi connectivity index (χ3n) is 4.59. The van der Waals surface area contributed by atoms with Gasteiger partial charge >= 0.3 is 5.97 Å². The lowest BCUT2D eigenvalue weighted by Crippen LogP contribution is -2.25. The first kappa shape index (κ1) is 20.4. The number of benzene rings is 2. The lowest BCUT2D eigenvalue weighted by molar-refractivity contribution is -0.139. The van der Waals surface area contributed by atoms with Gasteiger partial charge in [0.1, 0.15) is 11.9 Å². The lowest BCUT2D eigenvalue weighted by atomic mass is 10.00. The molecule has 2 aromatic rings. The molecule has 0 spiro atoms. The highest BCUT2D eigenvalue weighted by atomic mass is 16.5. The first-order valence-electron chi connectivity index (χ1n) is 9.74. The van der Waals surface area contributed by atoms with E-state index in [1.807, 2.05) is 18.2 Å². The van der Waals surface area contributed by atoms with Crippen LogP contribution >= 0.6 is 0 Å². The average Bonchev–Trinajstić information content (AvgIpc) is 2.71. The predicted molar refractivity (Wildman–Crippen MR) is 112 cm³/mol. The van der Waals surface area contributed by atoms with E-state index in [0.717, 1.165) is 30.5 Å². The van der Waals surface area contributed by atoms with Crippen LogP contribution in [0.2, 0.25) is 0 Å². The molecule has 29 heavy (non-hydrogen) atoms. The number of carbonyl (C=O) groups is 2. The average molecular weight is 395 g/mol. The van der Waals surface area contributed by atoms with E-state index >= 15 is 0 Å². The standard InChI is InChI=1S/C22H25N3O4/c1-2-11-23-24-14-15-3-5-16(6-4-15)22(28)25-18-8-10-20-17(12-18)7-9-19(29-20)13-21(26)27/h3-6,8,10,12,14,19,23H,2,7,9,11,13H2,1H3,(H,25,28)(H,26,27). The number of aliphatic carboxylic acids is 1. The number of aryl methyl sites for hydroxylation is 1. The topological polar surface area (TPSA) is 100 Å². The van der Waals surface area contributed by atoms with Gasteiger partial charge in [0.15, 0.2) is 0 Å². The van der Waals surface area contributed by atoms with E-state index in [9.17, 15) is 9.59 Å². The maximum Gasteiger partial charge on any atom is 0.307 e. The third kappa shape index (κ3) is 5.81. The molecule has 1 aliphatic heterocycles. The van der Waals surface area contributed by atoms with Crippen molar-refractivity contribution >= 4 is 23.8 Å². The molecule has 1 atom stereocenters. The summed E-state index contributed by atoms with van der Waals surface area (Å²) in [5, 5.41) is 15.9. The number of carbonyl (C=O) groups excluding carboxylic acids is 1. The molecule has 1 aliphatic rings. The zero-order chi connectivity index (χ0) is 20.6. The van der Waals surface area contributed by atoms with E-state index in [4.69, 9.17) is 9.84 Å². The number of hydrogen-bond acceptors (Lipinski definition) is 5. The highest BCUT2D eigenvalue weighted by molar-refractivity contribution is 6.04. The van der Waals surface area contributed by atoms with Crippen molar-refractivity contribution in [3.8, 4) is 5.75 Å². The quantitative estimate of drug-likeness (QED) is 0.361. The molecule has 0 saturated carbocycles. The number of carboxylic acid groups (broad SMARTS) is 1. The van der Waals surface area contributed by atoms with Gasteiger partial charge in [-0.05, 0) is 60.7 Å². The van der Waals surface area contributed by atoms with Crippen molar-refractivity contribution in [2.75, 3.05) is 11.9 Å². The van der Waals surface area contributed by atoms with Crippen LogP contribution in [0.15, 0.2) is 47.6 Å². The summed E-state index contributed by atoms with van der Waals surface area (Å²) in [5.41, 5.74) is 6.06. The van der Waals surface area contributed by atoms with Gasteiger partial charge in [0.05, 0.1) is 12.6 Å². The second-order valence-electron chi connectivity index (χ2n) is 6.94. The minimum atomic E-state index is -0.864. The molecule has 3 N–H and O–H groups in total. The van der Waals surface area contributed by atoms with E-state index in [1.54, 1.807) is 30.5 Å². The van der Waals surface area contributed by atoms with Gasteiger partial charge in [0, 0.05) is 17.8 Å². The van der Waals surface area contributed by atoms with Crippen LogP contribution in [-0.2, 0) is 11.2 Å². The second-order valence-corrected chi connectivity index (χ2v) is 6.94. The lowest BCUT2D eigenvalue weighted by Gasteiger charge is -2.25. The molecule has 0 aromatic heterocycles. The Hall–Kier alpha value is -3.35. The van der Waals surface area contributed by atoms with E-state index in [1.165, 1.54) is 0 Å². The summed E-state index contributed by atoms with van der Waals surface area (Å²) >= 11 is 0. The Morgan fingerprint density at radius 3 is 2.76 bits per heavy atom. The number of nitrogens with zero attached hydrogens (tertiary/aromatic N) is 1. The second kappa shape index (κ2) is 9.73. The fourth-order valence-corrected chi connectivity index (χ4v) is 3.08. The summed E-state index contributed by atoms with van der Waals surface area (Å²) in [4.78, 5) is 23.4. The van der Waals surface area contributed by atoms with Crippen LogP contribution in [0.3, 0.4) is 0 Å². The summed E-state index contributed by atoms with van der Waals surface area (Å²) in [5.74, 6) is -0.379. The number of rotatable bonds is 8. The van der Waals surface area contributed by atoms with E-state index in [-0.39, 0.29) is 18.4 Å². The van der Waals surface area contributed by atoms with Crippen LogP contribution in [0.5, 0.6) is 5.75 Å². The Kier molecular flexibility index (Phi) is 6.84. The number of anilines is 1. The van der Waals surface area contributed by atoms with Crippen LogP contribution in [0.4, 0.5) is 5.69 Å². The maximum atomic E-state index is 12.5. The van der Waals surface area contributed by atoms with Crippen LogP contribution in [0.25, 0.3) is 0 Å². The van der Waals surface area contributed by atoms with Crippen molar-refractivity contribution in [3.05, 3.63) is 59.2 Å². The highest BCUT2D eigenvalue weighted by Gasteiger charge is 2.22. The van der Waals surface area contributed by atoms with Gasteiger partial charge in [-0.3, -0.25) is 9.59 Å². The molecule has 2 aromatic carbocycles. The molecule has 3 rings (SSSR count). The third-order valence-corrected chi connectivity index (χ3v) is 4.59. The van der Waals surface area contributed by atoms with Crippen LogP contribution in [0, 0.1) is 0 Å². The minimum Gasteiger partial charge on any atom is -0.490 e. The molecule has 0 bridgehead atoms. The van der Waals surface area contributed by atoms with Gasteiger partial charge in [0.2, 0.25) is 0 Å². The van der Waals surface area contributed by atoms with Gasteiger partial charge < -0.3 is 20.6 Å². The SMILES string of the molecule is CCCNN=Cc1ccc(C(=O)Nc2ccc3c(c2)CCC(CC(=O)O)O3)cc1. The van der Waals surface area contributed by atoms with Gasteiger partial charge in [-0.2, -0.15) is 5.10 Å². The zero-order valence-electron chi connectivity index (χ0n) is 16.4. The zero-order valence-corrected chi connectivity index (χ0v) is 16.4. The summed E-state index contributed by atoms with van der Waals surface area (Å²) < 4.78 is 5.74. The molecule has 0 radical (unpaired) electrons. The van der Waals surface area contributed by atoms with Gasteiger partial charge in [0.25, 0.3) is 5.91 Å². The molecular formula is C22H25N3O4. The van der Waals surface area contributed by atoms with Crippen molar-refractivity contribution < 1.29 is 19.4 Å². The molecule has 0 fully saturated rings. The summed E-state index contributed by atoms with van der Waals surface area (Å²) in [6.07, 6.45) is 3.78. The molecule has 7 nitrogen and oxygen atoms in total. The number of fused-ring (bicyclic) bond motifs is 1. The Balaban J connectivity index is 1.60. The number of ether oxygens (including phenoxy) is 1. The Labute approximate surface area is 169 Å². The molecule has 7 heteroatoms. The first-order valence-corrected chi connectivity index (χ1v) is 9.74. The molecule has 1 heterocycles. The molecule has 1 amide bonds. The van der Waals surface area contributed by atoms with E-state index in [2.05, 4.69) is 22.8 Å².